The molecule has 0 atom stereocenters. The van der Waals surface area contributed by atoms with E-state index in [1.807, 2.05) is 48.2 Å². The highest BCUT2D eigenvalue weighted by Crippen LogP contribution is 2.20. The number of hydrogen-bond acceptors (Lipinski definition) is 6. The summed E-state index contributed by atoms with van der Waals surface area (Å²) in [7, 11) is 0. The maximum Gasteiger partial charge on any atom is 0.231 e. The van der Waals surface area contributed by atoms with Crippen molar-refractivity contribution >= 4 is 23.5 Å². The van der Waals surface area contributed by atoms with Crippen LogP contribution in [0.4, 0.5) is 11.6 Å². The molecule has 4 rings (SSSR count). The second-order valence-corrected chi connectivity index (χ2v) is 7.87. The molecule has 8 nitrogen and oxygen atoms in total. The quantitative estimate of drug-likeness (QED) is 0.669. The number of benzene rings is 1. The molecule has 1 aliphatic heterocycles. The average Bonchev–Trinajstić information content (AvgIpc) is 2.80. The van der Waals surface area contributed by atoms with Crippen molar-refractivity contribution in [1.29, 1.82) is 0 Å². The van der Waals surface area contributed by atoms with Crippen molar-refractivity contribution < 1.29 is 9.59 Å². The lowest BCUT2D eigenvalue weighted by Crippen LogP contribution is -2.48. The zero-order valence-corrected chi connectivity index (χ0v) is 18.3. The molecule has 3 heterocycles. The van der Waals surface area contributed by atoms with Gasteiger partial charge in [0.15, 0.2) is 0 Å². The Morgan fingerprint density at radius 2 is 1.62 bits per heavy atom. The molecule has 1 saturated heterocycles. The number of piperazine rings is 1. The lowest BCUT2D eigenvalue weighted by atomic mass is 10.0. The summed E-state index contributed by atoms with van der Waals surface area (Å²) in [4.78, 5) is 40.6. The standard InChI is InChI=1S/C24H26N6O2/c1-17-13-21(7-8-25-17)20-5-3-19(4-6-20)14-23(32)28-24-26-15-22(16-27-24)30-11-9-29(10-12-30)18(2)31/h3-8,13,15-16H,9-12,14H2,1-2H3,(H,26,27,28,32). The Balaban J connectivity index is 1.31. The highest BCUT2D eigenvalue weighted by molar-refractivity contribution is 5.90. The molecule has 164 valence electrons. The van der Waals surface area contributed by atoms with Crippen molar-refractivity contribution in [3.8, 4) is 11.1 Å². The highest BCUT2D eigenvalue weighted by atomic mass is 16.2. The van der Waals surface area contributed by atoms with Gasteiger partial charge in [-0.25, -0.2) is 9.97 Å². The fraction of sp³-hybridized carbons (Fsp3) is 0.292. The number of rotatable bonds is 5. The van der Waals surface area contributed by atoms with Gasteiger partial charge in [-0.1, -0.05) is 24.3 Å². The number of aromatic nitrogens is 3. The van der Waals surface area contributed by atoms with Crippen LogP contribution in [0.3, 0.4) is 0 Å². The summed E-state index contributed by atoms with van der Waals surface area (Å²) in [5.41, 5.74) is 4.95. The molecule has 0 spiro atoms. The zero-order chi connectivity index (χ0) is 22.5. The van der Waals surface area contributed by atoms with E-state index < -0.39 is 0 Å². The van der Waals surface area contributed by atoms with Gasteiger partial charge in [0.2, 0.25) is 17.8 Å². The number of carbonyl (C=O) groups excluding carboxylic acids is 2. The minimum absolute atomic E-state index is 0.0982. The maximum atomic E-state index is 12.4. The molecule has 0 aliphatic carbocycles. The van der Waals surface area contributed by atoms with Crippen molar-refractivity contribution in [1.82, 2.24) is 19.9 Å². The van der Waals surface area contributed by atoms with E-state index in [1.165, 1.54) is 0 Å². The summed E-state index contributed by atoms with van der Waals surface area (Å²) in [5.74, 6) is 0.214. The third-order valence-corrected chi connectivity index (χ3v) is 5.53. The van der Waals surface area contributed by atoms with Gasteiger partial charge in [0.25, 0.3) is 0 Å². The molecule has 0 saturated carbocycles. The Bertz CT molecular complexity index is 1090. The normalized spacial score (nSPS) is 13.7. The monoisotopic (exact) mass is 430 g/mol. The van der Waals surface area contributed by atoms with Crippen molar-refractivity contribution in [2.45, 2.75) is 20.3 Å². The van der Waals surface area contributed by atoms with E-state index >= 15 is 0 Å². The number of carbonyl (C=O) groups is 2. The Hall–Kier alpha value is -3.81. The Labute approximate surface area is 187 Å². The van der Waals surface area contributed by atoms with Crippen LogP contribution in [0.5, 0.6) is 0 Å². The summed E-state index contributed by atoms with van der Waals surface area (Å²) in [6, 6.07) is 11.9. The van der Waals surface area contributed by atoms with Gasteiger partial charge >= 0.3 is 0 Å². The van der Waals surface area contributed by atoms with Crippen LogP contribution in [-0.2, 0) is 16.0 Å². The van der Waals surface area contributed by atoms with Crippen LogP contribution >= 0.6 is 0 Å². The molecule has 1 aromatic carbocycles. The number of pyridine rings is 1. The molecule has 0 unspecified atom stereocenters. The van der Waals surface area contributed by atoms with Gasteiger partial charge in [-0.15, -0.1) is 0 Å². The van der Waals surface area contributed by atoms with E-state index in [2.05, 4.69) is 25.2 Å². The third kappa shape index (κ3) is 5.26. The van der Waals surface area contributed by atoms with Gasteiger partial charge in [0.05, 0.1) is 24.5 Å². The number of nitrogens with zero attached hydrogens (tertiary/aromatic N) is 5. The van der Waals surface area contributed by atoms with Crippen LogP contribution in [-0.4, -0.2) is 57.8 Å². The lowest BCUT2D eigenvalue weighted by Gasteiger charge is -2.35. The van der Waals surface area contributed by atoms with Gasteiger partial charge in [-0.05, 0) is 35.7 Å². The van der Waals surface area contributed by atoms with Crippen LogP contribution in [0.1, 0.15) is 18.2 Å². The second-order valence-electron chi connectivity index (χ2n) is 7.87. The topological polar surface area (TPSA) is 91.3 Å². The van der Waals surface area contributed by atoms with Gasteiger partial charge in [-0.3, -0.25) is 19.9 Å². The van der Waals surface area contributed by atoms with E-state index in [1.54, 1.807) is 25.5 Å². The summed E-state index contributed by atoms with van der Waals surface area (Å²) in [6.45, 7) is 6.41. The molecular weight excluding hydrogens is 404 g/mol. The number of nitrogens with one attached hydrogen (secondary N) is 1. The van der Waals surface area contributed by atoms with Crippen molar-refractivity contribution in [2.75, 3.05) is 36.4 Å². The Morgan fingerprint density at radius 1 is 0.938 bits per heavy atom. The maximum absolute atomic E-state index is 12.4. The first-order valence-corrected chi connectivity index (χ1v) is 10.6. The fourth-order valence-corrected chi connectivity index (χ4v) is 3.72. The molecule has 1 aliphatic rings. The smallest absolute Gasteiger partial charge is 0.231 e. The van der Waals surface area contributed by atoms with Gasteiger partial charge in [0, 0.05) is 45.0 Å². The predicted octanol–water partition coefficient (Wildman–Crippen LogP) is 2.70. The summed E-state index contributed by atoms with van der Waals surface area (Å²) < 4.78 is 0. The molecule has 1 fully saturated rings. The van der Waals surface area contributed by atoms with E-state index in [0.29, 0.717) is 13.1 Å². The summed E-state index contributed by atoms with van der Waals surface area (Å²) in [6.07, 6.45) is 5.45. The lowest BCUT2D eigenvalue weighted by molar-refractivity contribution is -0.129. The Morgan fingerprint density at radius 3 is 2.25 bits per heavy atom. The summed E-state index contributed by atoms with van der Waals surface area (Å²) in [5, 5.41) is 2.76. The number of anilines is 2. The molecule has 32 heavy (non-hydrogen) atoms. The van der Waals surface area contributed by atoms with Crippen LogP contribution in [0.2, 0.25) is 0 Å². The van der Waals surface area contributed by atoms with Crippen LogP contribution in [0, 0.1) is 6.92 Å². The molecule has 8 heteroatoms. The van der Waals surface area contributed by atoms with E-state index in [-0.39, 0.29) is 24.2 Å². The molecular formula is C24H26N6O2. The second kappa shape index (κ2) is 9.55. The molecule has 1 N–H and O–H groups in total. The van der Waals surface area contributed by atoms with Gasteiger partial charge in [0.1, 0.15) is 0 Å². The van der Waals surface area contributed by atoms with Gasteiger partial charge in [-0.2, -0.15) is 0 Å². The van der Waals surface area contributed by atoms with Crippen LogP contribution in [0.15, 0.2) is 55.0 Å². The third-order valence-electron chi connectivity index (χ3n) is 5.53. The zero-order valence-electron chi connectivity index (χ0n) is 18.3. The predicted molar refractivity (Wildman–Crippen MR) is 123 cm³/mol. The molecule has 2 amide bonds. The Kier molecular flexibility index (Phi) is 6.39. The first-order chi connectivity index (χ1) is 15.5. The van der Waals surface area contributed by atoms with Crippen LogP contribution < -0.4 is 10.2 Å². The molecule has 0 radical (unpaired) electrons. The number of aryl methyl sites for hydroxylation is 1. The first-order valence-electron chi connectivity index (χ1n) is 10.6. The minimum atomic E-state index is -0.166. The first kappa shape index (κ1) is 21.4. The van der Waals surface area contributed by atoms with Gasteiger partial charge < -0.3 is 9.80 Å². The minimum Gasteiger partial charge on any atom is -0.365 e. The number of hydrogen-bond donors (Lipinski definition) is 1. The van der Waals surface area contributed by atoms with E-state index in [0.717, 1.165) is 41.2 Å². The van der Waals surface area contributed by atoms with Crippen molar-refractivity contribution in [3.63, 3.8) is 0 Å². The molecule has 0 bridgehead atoms. The summed E-state index contributed by atoms with van der Waals surface area (Å²) >= 11 is 0. The van der Waals surface area contributed by atoms with Crippen molar-refractivity contribution in [3.05, 3.63) is 66.2 Å². The molecule has 3 aromatic rings. The van der Waals surface area contributed by atoms with E-state index in [9.17, 15) is 9.59 Å². The fourth-order valence-electron chi connectivity index (χ4n) is 3.72. The highest BCUT2D eigenvalue weighted by Gasteiger charge is 2.19. The van der Waals surface area contributed by atoms with Crippen molar-refractivity contribution in [2.24, 2.45) is 0 Å². The average molecular weight is 431 g/mol. The van der Waals surface area contributed by atoms with Crippen LogP contribution in [0.25, 0.3) is 11.1 Å². The van der Waals surface area contributed by atoms with E-state index in [4.69, 9.17) is 0 Å². The number of amides is 2. The molecule has 2 aromatic heterocycles. The largest absolute Gasteiger partial charge is 0.365 e. The SMILES string of the molecule is CC(=O)N1CCN(c2cnc(NC(=O)Cc3ccc(-c4ccnc(C)c4)cc3)nc2)CC1.